The molecular weight excluding hydrogens is 309 g/mol. The molecule has 2 aromatic rings. The Morgan fingerprint density at radius 2 is 2.04 bits per heavy atom. The van der Waals surface area contributed by atoms with Crippen molar-refractivity contribution in [2.45, 2.75) is 56.2 Å². The minimum Gasteiger partial charge on any atom is -0.385 e. The van der Waals surface area contributed by atoms with E-state index in [1.54, 1.807) is 4.68 Å². The number of nitrogens with zero attached hydrogens (tertiary/aromatic N) is 3. The molecule has 0 spiro atoms. The Kier molecular flexibility index (Phi) is 3.25. The largest absolute Gasteiger partial charge is 0.385 e. The average Bonchev–Trinajstić information content (AvgIpc) is 3.37. The summed E-state index contributed by atoms with van der Waals surface area (Å²) in [4.78, 5) is 4.35. The van der Waals surface area contributed by atoms with Gasteiger partial charge in [0.2, 0.25) is 0 Å². The van der Waals surface area contributed by atoms with Crippen LogP contribution in [0.1, 0.15) is 61.2 Å². The van der Waals surface area contributed by atoms with Crippen LogP contribution in [0.15, 0.2) is 30.3 Å². The number of hydrogen-bond donors (Lipinski definition) is 1. The van der Waals surface area contributed by atoms with E-state index in [-0.39, 0.29) is 24.2 Å². The fraction of sp³-hybridized carbons (Fsp3) is 0.556. The first-order valence-corrected chi connectivity index (χ1v) is 8.69. The number of ether oxygens (including phenoxy) is 1. The Morgan fingerprint density at radius 1 is 1.21 bits per heavy atom. The molecule has 0 amide bonds. The second-order valence-corrected chi connectivity index (χ2v) is 7.12. The van der Waals surface area contributed by atoms with Gasteiger partial charge in [-0.25, -0.2) is 14.1 Å². The van der Waals surface area contributed by atoms with Gasteiger partial charge in [0.15, 0.2) is 17.8 Å². The highest BCUT2D eigenvalue weighted by molar-refractivity contribution is 5.24. The maximum atomic E-state index is 14.4. The molecule has 2 fully saturated rings. The van der Waals surface area contributed by atoms with Crippen molar-refractivity contribution in [1.29, 1.82) is 0 Å². The fourth-order valence-electron chi connectivity index (χ4n) is 4.48. The quantitative estimate of drug-likeness (QED) is 0.941. The lowest BCUT2D eigenvalue weighted by molar-refractivity contribution is 0.0378. The van der Waals surface area contributed by atoms with Gasteiger partial charge in [-0.2, -0.15) is 5.10 Å². The number of aromatic nitrogens is 3. The number of aliphatic hydroxyl groups is 1. The molecule has 126 valence electrons. The van der Waals surface area contributed by atoms with E-state index in [2.05, 4.69) is 10.1 Å². The van der Waals surface area contributed by atoms with Crippen LogP contribution in [0.4, 0.5) is 4.39 Å². The number of rotatable bonds is 3. The van der Waals surface area contributed by atoms with Crippen LogP contribution in [0.3, 0.4) is 0 Å². The molecule has 2 saturated heterocycles. The molecule has 1 N–H and O–H groups in total. The fourth-order valence-corrected chi connectivity index (χ4v) is 4.48. The molecular formula is C18H20FN3O2. The summed E-state index contributed by atoms with van der Waals surface area (Å²) >= 11 is 0. The van der Waals surface area contributed by atoms with Crippen LogP contribution in [0, 0.1) is 5.92 Å². The third-order valence-corrected chi connectivity index (χ3v) is 5.69. The number of fused-ring (bicyclic) bond motifs is 3. The smallest absolute Gasteiger partial charge is 0.179 e. The standard InChI is InChI=1S/C18H20FN3O2/c19-13-9-14(10-4-2-1-3-5-10)22-18(13)20-17(21-22)16(23)12-8-11-6-7-15(12)24-11/h1-5,11-16,23H,6-9H2/t11-,12-,13+,14+,15+,16?/m1/s1. The predicted molar refractivity (Wildman–Crippen MR) is 84.0 cm³/mol. The topological polar surface area (TPSA) is 60.2 Å². The maximum absolute atomic E-state index is 14.4. The second kappa shape index (κ2) is 5.36. The van der Waals surface area contributed by atoms with E-state index >= 15 is 0 Å². The summed E-state index contributed by atoms with van der Waals surface area (Å²) in [6.07, 6.45) is 1.69. The van der Waals surface area contributed by atoms with Crippen molar-refractivity contribution in [3.63, 3.8) is 0 Å². The summed E-state index contributed by atoms with van der Waals surface area (Å²) in [7, 11) is 0. The molecule has 6 heteroatoms. The predicted octanol–water partition coefficient (Wildman–Crippen LogP) is 2.88. The number of hydrogen-bond acceptors (Lipinski definition) is 4. The van der Waals surface area contributed by atoms with E-state index in [9.17, 15) is 9.50 Å². The van der Waals surface area contributed by atoms with Crippen LogP contribution < -0.4 is 0 Å². The molecule has 3 aliphatic heterocycles. The van der Waals surface area contributed by atoms with Gasteiger partial charge >= 0.3 is 0 Å². The lowest BCUT2D eigenvalue weighted by Crippen LogP contribution is -2.24. The number of benzene rings is 1. The van der Waals surface area contributed by atoms with Crippen LogP contribution in [0.2, 0.25) is 0 Å². The van der Waals surface area contributed by atoms with E-state index in [1.165, 1.54) is 0 Å². The van der Waals surface area contributed by atoms with Crippen molar-refractivity contribution in [3.05, 3.63) is 47.5 Å². The minimum absolute atomic E-state index is 0.0279. The number of halogens is 1. The van der Waals surface area contributed by atoms with Crippen LogP contribution >= 0.6 is 0 Å². The van der Waals surface area contributed by atoms with Crippen molar-refractivity contribution < 1.29 is 14.2 Å². The molecule has 4 heterocycles. The summed E-state index contributed by atoms with van der Waals surface area (Å²) in [5, 5.41) is 15.2. The first kappa shape index (κ1) is 14.5. The summed E-state index contributed by atoms with van der Waals surface area (Å²) < 4.78 is 21.9. The van der Waals surface area contributed by atoms with Gasteiger partial charge in [-0.1, -0.05) is 30.3 Å². The molecule has 1 aromatic heterocycles. The maximum Gasteiger partial charge on any atom is 0.179 e. The van der Waals surface area contributed by atoms with Crippen LogP contribution in [0.5, 0.6) is 0 Å². The Labute approximate surface area is 139 Å². The lowest BCUT2D eigenvalue weighted by atomic mass is 9.85. The number of aliphatic hydroxyl groups excluding tert-OH is 1. The third-order valence-electron chi connectivity index (χ3n) is 5.69. The van der Waals surface area contributed by atoms with Gasteiger partial charge in [0.05, 0.1) is 18.2 Å². The Morgan fingerprint density at radius 3 is 2.75 bits per heavy atom. The molecule has 1 unspecified atom stereocenters. The zero-order valence-electron chi connectivity index (χ0n) is 13.3. The van der Waals surface area contributed by atoms with E-state index in [0.717, 1.165) is 24.8 Å². The monoisotopic (exact) mass is 329 g/mol. The highest BCUT2D eigenvalue weighted by Gasteiger charge is 2.46. The van der Waals surface area contributed by atoms with Gasteiger partial charge in [-0.3, -0.25) is 0 Å². The zero-order valence-corrected chi connectivity index (χ0v) is 13.3. The van der Waals surface area contributed by atoms with Crippen molar-refractivity contribution in [1.82, 2.24) is 14.8 Å². The molecule has 0 saturated carbocycles. The molecule has 0 radical (unpaired) electrons. The molecule has 3 aliphatic rings. The first-order chi connectivity index (χ1) is 11.7. The second-order valence-electron chi connectivity index (χ2n) is 7.12. The molecule has 5 rings (SSSR count). The first-order valence-electron chi connectivity index (χ1n) is 8.69. The van der Waals surface area contributed by atoms with Crippen LogP contribution in [0.25, 0.3) is 0 Å². The minimum atomic E-state index is -1.14. The highest BCUT2D eigenvalue weighted by Crippen LogP contribution is 2.45. The van der Waals surface area contributed by atoms with Crippen molar-refractivity contribution >= 4 is 0 Å². The Bertz CT molecular complexity index is 750. The third kappa shape index (κ3) is 2.13. The summed E-state index contributed by atoms with van der Waals surface area (Å²) in [6.45, 7) is 0. The van der Waals surface area contributed by atoms with Crippen LogP contribution in [-0.2, 0) is 4.74 Å². The van der Waals surface area contributed by atoms with E-state index in [0.29, 0.717) is 18.1 Å². The Balaban J connectivity index is 1.45. The van der Waals surface area contributed by atoms with E-state index in [4.69, 9.17) is 4.74 Å². The molecule has 2 bridgehead atoms. The molecule has 24 heavy (non-hydrogen) atoms. The molecule has 6 atom stereocenters. The molecule has 5 nitrogen and oxygen atoms in total. The summed E-state index contributed by atoms with van der Waals surface area (Å²) in [5.41, 5.74) is 1.02. The van der Waals surface area contributed by atoms with Crippen molar-refractivity contribution in [2.75, 3.05) is 0 Å². The van der Waals surface area contributed by atoms with Gasteiger partial charge in [0, 0.05) is 12.3 Å². The van der Waals surface area contributed by atoms with Gasteiger partial charge in [-0.05, 0) is 24.8 Å². The summed E-state index contributed by atoms with van der Waals surface area (Å²) in [6, 6.07) is 9.64. The van der Waals surface area contributed by atoms with Gasteiger partial charge in [-0.15, -0.1) is 0 Å². The zero-order chi connectivity index (χ0) is 16.3. The average molecular weight is 329 g/mol. The summed E-state index contributed by atoms with van der Waals surface area (Å²) in [5.74, 6) is 0.705. The van der Waals surface area contributed by atoms with Gasteiger partial charge < -0.3 is 9.84 Å². The van der Waals surface area contributed by atoms with E-state index in [1.807, 2.05) is 30.3 Å². The molecule has 0 aliphatic carbocycles. The van der Waals surface area contributed by atoms with Crippen molar-refractivity contribution in [3.8, 4) is 0 Å². The van der Waals surface area contributed by atoms with Gasteiger partial charge in [0.1, 0.15) is 6.10 Å². The SMILES string of the molecule is OC(c1nc2n(n1)[C@H](c1ccccc1)C[C@@H]2F)[C@@H]1C[C@H]2CC[C@@H]1O2. The molecule has 1 aromatic carbocycles. The normalized spacial score (nSPS) is 35.3. The van der Waals surface area contributed by atoms with E-state index < -0.39 is 12.3 Å². The highest BCUT2D eigenvalue weighted by atomic mass is 19.1. The van der Waals surface area contributed by atoms with Crippen LogP contribution in [-0.4, -0.2) is 32.1 Å². The lowest BCUT2D eigenvalue weighted by Gasteiger charge is -2.22. The van der Waals surface area contributed by atoms with Crippen molar-refractivity contribution in [2.24, 2.45) is 5.92 Å². The number of alkyl halides is 1. The van der Waals surface area contributed by atoms with Gasteiger partial charge in [0.25, 0.3) is 0 Å². The Hall–Kier alpha value is -1.79.